The van der Waals surface area contributed by atoms with Crippen LogP contribution < -0.4 is 5.73 Å². The van der Waals surface area contributed by atoms with Gasteiger partial charge in [0.1, 0.15) is 5.82 Å². The SMILES string of the molecule is CN1CCN(C)C(c2noc(-c3ccnc(N)c3)n2)C1. The van der Waals surface area contributed by atoms with Crippen molar-refractivity contribution in [1.82, 2.24) is 24.9 Å². The maximum atomic E-state index is 5.67. The fourth-order valence-electron chi connectivity index (χ4n) is 2.36. The first-order chi connectivity index (χ1) is 9.63. The topological polar surface area (TPSA) is 84.3 Å². The number of hydrogen-bond acceptors (Lipinski definition) is 7. The summed E-state index contributed by atoms with van der Waals surface area (Å²) < 4.78 is 5.35. The molecule has 3 heterocycles. The van der Waals surface area contributed by atoms with Gasteiger partial charge in [0.2, 0.25) is 0 Å². The number of likely N-dealkylation sites (N-methyl/N-ethyl adjacent to an activating group) is 2. The molecule has 0 amide bonds. The Labute approximate surface area is 117 Å². The number of aromatic nitrogens is 3. The van der Waals surface area contributed by atoms with Crippen LogP contribution in [0.3, 0.4) is 0 Å². The summed E-state index contributed by atoms with van der Waals surface area (Å²) >= 11 is 0. The Bertz CT molecular complexity index is 598. The van der Waals surface area contributed by atoms with Gasteiger partial charge in [-0.15, -0.1) is 0 Å². The predicted molar refractivity (Wildman–Crippen MR) is 74.8 cm³/mol. The molecule has 1 unspecified atom stereocenters. The highest BCUT2D eigenvalue weighted by Gasteiger charge is 2.28. The van der Waals surface area contributed by atoms with Gasteiger partial charge in [-0.3, -0.25) is 4.90 Å². The first-order valence-corrected chi connectivity index (χ1v) is 6.58. The van der Waals surface area contributed by atoms with Gasteiger partial charge in [0.15, 0.2) is 5.82 Å². The molecule has 1 aliphatic rings. The number of piperazine rings is 1. The van der Waals surface area contributed by atoms with Gasteiger partial charge in [-0.05, 0) is 26.2 Å². The average Bonchev–Trinajstić information content (AvgIpc) is 2.91. The summed E-state index contributed by atoms with van der Waals surface area (Å²) in [6, 6.07) is 3.70. The van der Waals surface area contributed by atoms with Crippen molar-refractivity contribution in [2.24, 2.45) is 0 Å². The van der Waals surface area contributed by atoms with Crippen LogP contribution in [0, 0.1) is 0 Å². The summed E-state index contributed by atoms with van der Waals surface area (Å²) in [4.78, 5) is 13.0. The molecule has 0 bridgehead atoms. The number of nitrogens with zero attached hydrogens (tertiary/aromatic N) is 5. The molecule has 0 spiro atoms. The Balaban J connectivity index is 1.86. The molecule has 0 radical (unpaired) electrons. The minimum atomic E-state index is 0.158. The number of nitrogen functional groups attached to an aromatic ring is 1. The van der Waals surface area contributed by atoms with Gasteiger partial charge in [-0.25, -0.2) is 4.98 Å². The molecular weight excluding hydrogens is 256 g/mol. The second kappa shape index (κ2) is 5.18. The first-order valence-electron chi connectivity index (χ1n) is 6.58. The van der Waals surface area contributed by atoms with Gasteiger partial charge in [0, 0.05) is 31.4 Å². The van der Waals surface area contributed by atoms with Crippen LogP contribution in [0.4, 0.5) is 5.82 Å². The van der Waals surface area contributed by atoms with Gasteiger partial charge in [0.05, 0.1) is 6.04 Å². The summed E-state index contributed by atoms with van der Waals surface area (Å²) in [6.45, 7) is 2.94. The van der Waals surface area contributed by atoms with Crippen molar-refractivity contribution in [3.8, 4) is 11.5 Å². The molecule has 2 N–H and O–H groups in total. The Hall–Kier alpha value is -1.99. The molecule has 2 aromatic rings. The van der Waals surface area contributed by atoms with Crippen LogP contribution in [0.1, 0.15) is 11.9 Å². The van der Waals surface area contributed by atoms with Gasteiger partial charge >= 0.3 is 0 Å². The van der Waals surface area contributed by atoms with Gasteiger partial charge in [-0.1, -0.05) is 5.16 Å². The largest absolute Gasteiger partial charge is 0.384 e. The molecular formula is C13H18N6O. The zero-order valence-electron chi connectivity index (χ0n) is 11.7. The minimum Gasteiger partial charge on any atom is -0.384 e. The molecule has 1 saturated heterocycles. The molecule has 0 aliphatic carbocycles. The number of pyridine rings is 1. The lowest BCUT2D eigenvalue weighted by molar-refractivity contribution is 0.108. The normalized spacial score (nSPS) is 21.2. The molecule has 20 heavy (non-hydrogen) atoms. The van der Waals surface area contributed by atoms with Crippen LogP contribution in [0.5, 0.6) is 0 Å². The Morgan fingerprint density at radius 3 is 3.00 bits per heavy atom. The van der Waals surface area contributed by atoms with E-state index in [1.54, 1.807) is 12.3 Å². The number of hydrogen-bond donors (Lipinski definition) is 1. The van der Waals surface area contributed by atoms with Crippen LogP contribution in [0.25, 0.3) is 11.5 Å². The third kappa shape index (κ3) is 2.50. The summed E-state index contributed by atoms with van der Waals surface area (Å²) in [5.74, 6) is 1.64. The van der Waals surface area contributed by atoms with E-state index < -0.39 is 0 Å². The quantitative estimate of drug-likeness (QED) is 0.859. The van der Waals surface area contributed by atoms with Crippen LogP contribution in [-0.4, -0.2) is 58.7 Å². The van der Waals surface area contributed by atoms with Crippen molar-refractivity contribution in [2.45, 2.75) is 6.04 Å². The lowest BCUT2D eigenvalue weighted by atomic mass is 10.2. The van der Waals surface area contributed by atoms with E-state index in [1.165, 1.54) is 0 Å². The van der Waals surface area contributed by atoms with E-state index in [0.717, 1.165) is 25.2 Å². The highest BCUT2D eigenvalue weighted by Crippen LogP contribution is 2.24. The Kier molecular flexibility index (Phi) is 3.37. The maximum absolute atomic E-state index is 5.67. The number of rotatable bonds is 2. The van der Waals surface area contributed by atoms with E-state index in [2.05, 4.69) is 39.0 Å². The number of nitrogens with two attached hydrogens (primary N) is 1. The van der Waals surface area contributed by atoms with E-state index >= 15 is 0 Å². The second-order valence-electron chi connectivity index (χ2n) is 5.19. The third-order valence-electron chi connectivity index (χ3n) is 3.62. The lowest BCUT2D eigenvalue weighted by Gasteiger charge is -2.35. The van der Waals surface area contributed by atoms with Crippen molar-refractivity contribution >= 4 is 5.82 Å². The van der Waals surface area contributed by atoms with E-state index in [1.807, 2.05) is 6.07 Å². The van der Waals surface area contributed by atoms with Crippen LogP contribution in [0.15, 0.2) is 22.9 Å². The lowest BCUT2D eigenvalue weighted by Crippen LogP contribution is -2.45. The smallest absolute Gasteiger partial charge is 0.258 e. The van der Waals surface area contributed by atoms with Gasteiger partial charge in [0.25, 0.3) is 5.89 Å². The highest BCUT2D eigenvalue weighted by atomic mass is 16.5. The average molecular weight is 274 g/mol. The summed E-state index contributed by atoms with van der Waals surface area (Å²) in [6.07, 6.45) is 1.63. The molecule has 0 saturated carbocycles. The van der Waals surface area contributed by atoms with Crippen LogP contribution >= 0.6 is 0 Å². The molecule has 3 rings (SSSR count). The van der Waals surface area contributed by atoms with E-state index in [-0.39, 0.29) is 6.04 Å². The maximum Gasteiger partial charge on any atom is 0.258 e. The standard InChI is InChI=1S/C13H18N6O/c1-18-5-6-19(2)10(8-18)12-16-13(20-17-12)9-3-4-15-11(14)7-9/h3-4,7,10H,5-6,8H2,1-2H3,(H2,14,15). The second-order valence-corrected chi connectivity index (χ2v) is 5.19. The van der Waals surface area contributed by atoms with Crippen molar-refractivity contribution < 1.29 is 4.52 Å². The van der Waals surface area contributed by atoms with Crippen molar-refractivity contribution in [3.05, 3.63) is 24.2 Å². The molecule has 1 fully saturated rings. The number of anilines is 1. The van der Waals surface area contributed by atoms with E-state index in [4.69, 9.17) is 10.3 Å². The van der Waals surface area contributed by atoms with Crippen LogP contribution in [0.2, 0.25) is 0 Å². The summed E-state index contributed by atoms with van der Waals surface area (Å²) in [7, 11) is 4.18. The highest BCUT2D eigenvalue weighted by molar-refractivity contribution is 5.56. The monoisotopic (exact) mass is 274 g/mol. The van der Waals surface area contributed by atoms with Crippen LogP contribution in [-0.2, 0) is 0 Å². The molecule has 1 atom stereocenters. The predicted octanol–water partition coefficient (Wildman–Crippen LogP) is 0.632. The Morgan fingerprint density at radius 1 is 1.35 bits per heavy atom. The fraction of sp³-hybridized carbons (Fsp3) is 0.462. The van der Waals surface area contributed by atoms with E-state index in [0.29, 0.717) is 17.5 Å². The zero-order chi connectivity index (χ0) is 14.1. The first kappa shape index (κ1) is 13.0. The van der Waals surface area contributed by atoms with Gasteiger partial charge < -0.3 is 15.2 Å². The van der Waals surface area contributed by atoms with E-state index in [9.17, 15) is 0 Å². The van der Waals surface area contributed by atoms with Gasteiger partial charge in [-0.2, -0.15) is 4.98 Å². The molecule has 0 aromatic carbocycles. The summed E-state index contributed by atoms with van der Waals surface area (Å²) in [5.41, 5.74) is 6.46. The molecule has 7 heteroatoms. The Morgan fingerprint density at radius 2 is 2.20 bits per heavy atom. The molecule has 7 nitrogen and oxygen atoms in total. The van der Waals surface area contributed by atoms with Crippen molar-refractivity contribution in [3.63, 3.8) is 0 Å². The fourth-order valence-corrected chi connectivity index (χ4v) is 2.36. The summed E-state index contributed by atoms with van der Waals surface area (Å²) in [5, 5.41) is 4.12. The minimum absolute atomic E-state index is 0.158. The third-order valence-corrected chi connectivity index (χ3v) is 3.62. The molecule has 2 aromatic heterocycles. The zero-order valence-corrected chi connectivity index (χ0v) is 11.7. The van der Waals surface area contributed by atoms with Crippen molar-refractivity contribution in [2.75, 3.05) is 39.5 Å². The molecule has 106 valence electrons. The van der Waals surface area contributed by atoms with Crippen molar-refractivity contribution in [1.29, 1.82) is 0 Å². The molecule has 1 aliphatic heterocycles.